The lowest BCUT2D eigenvalue weighted by molar-refractivity contribution is -0.116. The van der Waals surface area contributed by atoms with Crippen molar-refractivity contribution in [1.82, 2.24) is 5.32 Å². The average molecular weight is 435 g/mol. The highest BCUT2D eigenvalue weighted by Gasteiger charge is 2.40. The van der Waals surface area contributed by atoms with Crippen molar-refractivity contribution in [3.05, 3.63) is 81.2 Å². The SMILES string of the molecule is COc1ccc(OC)c([C@@H]2C(C#N)=C(C)NC3=C2C(=O)C[C@@H](c2ccc(Cl)cc2)C3)c1. The van der Waals surface area contributed by atoms with E-state index in [0.717, 1.165) is 22.5 Å². The van der Waals surface area contributed by atoms with Gasteiger partial charge in [-0.15, -0.1) is 0 Å². The summed E-state index contributed by atoms with van der Waals surface area (Å²) in [6.07, 6.45) is 1.06. The average Bonchev–Trinajstić information content (AvgIpc) is 2.78. The molecular formula is C25H23ClN2O3. The molecule has 1 aliphatic carbocycles. The predicted octanol–water partition coefficient (Wildman–Crippen LogP) is 5.24. The molecule has 0 aromatic heterocycles. The van der Waals surface area contributed by atoms with E-state index in [9.17, 15) is 10.1 Å². The lowest BCUT2D eigenvalue weighted by Crippen LogP contribution is -2.33. The van der Waals surface area contributed by atoms with Crippen molar-refractivity contribution in [1.29, 1.82) is 5.26 Å². The Labute approximate surface area is 186 Å². The first kappa shape index (κ1) is 21.0. The smallest absolute Gasteiger partial charge is 0.162 e. The number of halogens is 1. The molecule has 2 aliphatic rings. The number of Topliss-reactive ketones (excluding diaryl/α,β-unsaturated/α-hetero) is 1. The van der Waals surface area contributed by atoms with E-state index in [0.29, 0.717) is 40.5 Å². The number of nitriles is 1. The van der Waals surface area contributed by atoms with E-state index in [2.05, 4.69) is 11.4 Å². The first-order valence-electron chi connectivity index (χ1n) is 10.1. The molecule has 1 N–H and O–H groups in total. The van der Waals surface area contributed by atoms with Crippen molar-refractivity contribution in [3.63, 3.8) is 0 Å². The Kier molecular flexibility index (Phi) is 5.75. The van der Waals surface area contributed by atoms with Crippen molar-refractivity contribution in [2.24, 2.45) is 0 Å². The fraction of sp³-hybridized carbons (Fsp3) is 0.280. The van der Waals surface area contributed by atoms with Gasteiger partial charge < -0.3 is 14.8 Å². The van der Waals surface area contributed by atoms with Crippen LogP contribution in [0.25, 0.3) is 0 Å². The molecule has 158 valence electrons. The van der Waals surface area contributed by atoms with E-state index < -0.39 is 5.92 Å². The maximum Gasteiger partial charge on any atom is 0.162 e. The molecule has 0 unspecified atom stereocenters. The van der Waals surface area contributed by atoms with Crippen molar-refractivity contribution in [3.8, 4) is 17.6 Å². The van der Waals surface area contributed by atoms with E-state index in [1.54, 1.807) is 20.3 Å². The van der Waals surface area contributed by atoms with Gasteiger partial charge in [0.25, 0.3) is 0 Å². The fourth-order valence-electron chi connectivity index (χ4n) is 4.53. The van der Waals surface area contributed by atoms with Crippen LogP contribution in [0.3, 0.4) is 0 Å². The Balaban J connectivity index is 1.83. The maximum atomic E-state index is 13.5. The third-order valence-corrected chi connectivity index (χ3v) is 6.29. The molecule has 2 aromatic carbocycles. The lowest BCUT2D eigenvalue weighted by Gasteiger charge is -2.36. The number of hydrogen-bond donors (Lipinski definition) is 1. The second kappa shape index (κ2) is 8.49. The van der Waals surface area contributed by atoms with Crippen LogP contribution in [0.4, 0.5) is 0 Å². The Hall–Kier alpha value is -3.23. The number of dihydropyridines is 1. The number of methoxy groups -OCH3 is 2. The summed E-state index contributed by atoms with van der Waals surface area (Å²) in [6, 6.07) is 15.4. The highest BCUT2D eigenvalue weighted by Crippen LogP contribution is 2.47. The van der Waals surface area contributed by atoms with Crippen molar-refractivity contribution < 1.29 is 14.3 Å². The third-order valence-electron chi connectivity index (χ3n) is 6.04. The summed E-state index contributed by atoms with van der Waals surface area (Å²) < 4.78 is 11.0. The van der Waals surface area contributed by atoms with Crippen LogP contribution in [0.15, 0.2) is 65.0 Å². The normalized spacial score (nSPS) is 20.7. The summed E-state index contributed by atoms with van der Waals surface area (Å²) in [5, 5.41) is 14.0. The number of carbonyl (C=O) groups excluding carboxylic acids is 1. The fourth-order valence-corrected chi connectivity index (χ4v) is 4.66. The van der Waals surface area contributed by atoms with Crippen LogP contribution in [-0.2, 0) is 4.79 Å². The van der Waals surface area contributed by atoms with Gasteiger partial charge >= 0.3 is 0 Å². The van der Waals surface area contributed by atoms with Crippen molar-refractivity contribution in [2.45, 2.75) is 31.6 Å². The summed E-state index contributed by atoms with van der Waals surface area (Å²) in [4.78, 5) is 13.5. The van der Waals surface area contributed by atoms with E-state index >= 15 is 0 Å². The van der Waals surface area contributed by atoms with Gasteiger partial charge in [0.15, 0.2) is 5.78 Å². The zero-order chi connectivity index (χ0) is 22.1. The number of nitrogens with zero attached hydrogens (tertiary/aromatic N) is 1. The van der Waals surface area contributed by atoms with Crippen LogP contribution in [0.2, 0.25) is 5.02 Å². The Morgan fingerprint density at radius 1 is 1.10 bits per heavy atom. The van der Waals surface area contributed by atoms with Crippen LogP contribution >= 0.6 is 11.6 Å². The van der Waals surface area contributed by atoms with E-state index in [1.165, 1.54) is 0 Å². The van der Waals surface area contributed by atoms with Crippen LogP contribution < -0.4 is 14.8 Å². The Morgan fingerprint density at radius 2 is 1.84 bits per heavy atom. The van der Waals surface area contributed by atoms with Crippen LogP contribution in [-0.4, -0.2) is 20.0 Å². The number of ketones is 1. The van der Waals surface area contributed by atoms with Gasteiger partial charge in [0, 0.05) is 34.0 Å². The van der Waals surface area contributed by atoms with Crippen LogP contribution in [0.1, 0.15) is 42.7 Å². The summed E-state index contributed by atoms with van der Waals surface area (Å²) in [7, 11) is 3.18. The second-order valence-electron chi connectivity index (χ2n) is 7.79. The molecule has 0 amide bonds. The highest BCUT2D eigenvalue weighted by atomic mass is 35.5. The standard InChI is InChI=1S/C25H23ClN2O3/c1-14-20(13-27)24(19-12-18(30-2)8-9-23(19)31-3)25-21(28-14)10-16(11-22(25)29)15-4-6-17(26)7-5-15/h4-9,12,16,24,28H,10-11H2,1-3H3/t16-,24+/m0/s1. The quantitative estimate of drug-likeness (QED) is 0.712. The minimum Gasteiger partial charge on any atom is -0.497 e. The van der Waals surface area contributed by atoms with Crippen LogP contribution in [0, 0.1) is 11.3 Å². The Bertz CT molecular complexity index is 1140. The molecule has 0 spiro atoms. The molecule has 0 bridgehead atoms. The monoisotopic (exact) mass is 434 g/mol. The molecule has 0 saturated heterocycles. The number of carbonyl (C=O) groups is 1. The molecule has 2 aromatic rings. The largest absolute Gasteiger partial charge is 0.497 e. The molecule has 4 rings (SSSR count). The molecule has 31 heavy (non-hydrogen) atoms. The Morgan fingerprint density at radius 3 is 2.48 bits per heavy atom. The summed E-state index contributed by atoms with van der Waals surface area (Å²) >= 11 is 6.03. The number of nitrogens with one attached hydrogen (secondary N) is 1. The molecule has 0 fully saturated rings. The lowest BCUT2D eigenvalue weighted by atomic mass is 9.72. The molecule has 1 heterocycles. The number of hydrogen-bond acceptors (Lipinski definition) is 5. The topological polar surface area (TPSA) is 71.3 Å². The first-order chi connectivity index (χ1) is 15.0. The van der Waals surface area contributed by atoms with E-state index in [1.807, 2.05) is 43.3 Å². The predicted molar refractivity (Wildman–Crippen MR) is 119 cm³/mol. The number of ether oxygens (including phenoxy) is 2. The summed E-state index contributed by atoms with van der Waals surface area (Å²) in [6.45, 7) is 1.87. The van der Waals surface area contributed by atoms with Gasteiger partial charge in [-0.1, -0.05) is 23.7 Å². The minimum absolute atomic E-state index is 0.0313. The van der Waals surface area contributed by atoms with Gasteiger partial charge in [-0.2, -0.15) is 5.26 Å². The zero-order valence-electron chi connectivity index (χ0n) is 17.7. The van der Waals surface area contributed by atoms with Crippen molar-refractivity contribution >= 4 is 17.4 Å². The number of benzene rings is 2. The van der Waals surface area contributed by atoms with Crippen molar-refractivity contribution in [2.75, 3.05) is 14.2 Å². The number of rotatable bonds is 4. The highest BCUT2D eigenvalue weighted by molar-refractivity contribution is 6.30. The van der Waals surface area contributed by atoms with Gasteiger partial charge in [0.2, 0.25) is 0 Å². The van der Waals surface area contributed by atoms with Gasteiger partial charge in [-0.3, -0.25) is 4.79 Å². The molecule has 5 nitrogen and oxygen atoms in total. The molecule has 0 saturated carbocycles. The maximum absolute atomic E-state index is 13.5. The summed E-state index contributed by atoms with van der Waals surface area (Å²) in [5.74, 6) is 0.857. The second-order valence-corrected chi connectivity index (χ2v) is 8.22. The molecule has 2 atom stereocenters. The molecule has 6 heteroatoms. The third kappa shape index (κ3) is 3.80. The van der Waals surface area contributed by atoms with Gasteiger partial charge in [-0.25, -0.2) is 0 Å². The first-order valence-corrected chi connectivity index (χ1v) is 10.5. The minimum atomic E-state index is -0.495. The molecular weight excluding hydrogens is 412 g/mol. The zero-order valence-corrected chi connectivity index (χ0v) is 18.4. The summed E-state index contributed by atoms with van der Waals surface area (Å²) in [5.41, 5.74) is 4.60. The molecule has 0 radical (unpaired) electrons. The number of allylic oxidation sites excluding steroid dienone is 4. The van der Waals surface area contributed by atoms with E-state index in [-0.39, 0.29) is 11.7 Å². The van der Waals surface area contributed by atoms with Crippen LogP contribution in [0.5, 0.6) is 11.5 Å². The van der Waals surface area contributed by atoms with E-state index in [4.69, 9.17) is 21.1 Å². The molecule has 1 aliphatic heterocycles. The van der Waals surface area contributed by atoms with Gasteiger partial charge in [0.1, 0.15) is 11.5 Å². The van der Waals surface area contributed by atoms with Gasteiger partial charge in [-0.05, 0) is 55.2 Å². The van der Waals surface area contributed by atoms with Gasteiger partial charge in [0.05, 0.1) is 31.8 Å².